The molecule has 0 spiro atoms. The lowest BCUT2D eigenvalue weighted by molar-refractivity contribution is -0.119. The lowest BCUT2D eigenvalue weighted by Gasteiger charge is -2.23. The second kappa shape index (κ2) is 11.7. The molecule has 9 nitrogen and oxygen atoms in total. The third-order valence-corrected chi connectivity index (χ3v) is 6.28. The molecule has 1 heterocycles. The Morgan fingerprint density at radius 1 is 1.03 bits per heavy atom. The lowest BCUT2D eigenvalue weighted by atomic mass is 9.98. The van der Waals surface area contributed by atoms with Gasteiger partial charge < -0.3 is 20.1 Å². The van der Waals surface area contributed by atoms with Gasteiger partial charge in [0.05, 0.1) is 14.2 Å². The number of hydrogen-bond acceptors (Lipinski definition) is 7. The molecule has 0 aliphatic rings. The van der Waals surface area contributed by atoms with E-state index in [1.54, 1.807) is 30.3 Å². The van der Waals surface area contributed by atoms with Crippen LogP contribution < -0.4 is 25.4 Å². The maximum Gasteiger partial charge on any atom is 0.319 e. The van der Waals surface area contributed by atoms with Gasteiger partial charge in [0.25, 0.3) is 0 Å². The molecule has 0 fully saturated rings. The zero-order valence-corrected chi connectivity index (χ0v) is 20.8. The molecule has 0 aliphatic heterocycles. The van der Waals surface area contributed by atoms with Crippen LogP contribution in [-0.4, -0.2) is 42.4 Å². The first-order valence-electron chi connectivity index (χ1n) is 10.5. The van der Waals surface area contributed by atoms with Gasteiger partial charge in [0.2, 0.25) is 11.0 Å². The van der Waals surface area contributed by atoms with E-state index in [1.807, 2.05) is 26.0 Å². The number of urea groups is 1. The van der Waals surface area contributed by atoms with Crippen molar-refractivity contribution in [3.05, 3.63) is 47.5 Å². The van der Waals surface area contributed by atoms with Gasteiger partial charge in [-0.1, -0.05) is 55.3 Å². The molecule has 3 N–H and O–H groups in total. The Hall–Kier alpha value is -3.37. The molecule has 0 aliphatic carbocycles. The second-order valence-electron chi connectivity index (χ2n) is 7.47. The number of methoxy groups -OCH3 is 2. The third kappa shape index (κ3) is 6.58. The number of amides is 3. The minimum Gasteiger partial charge on any atom is -0.497 e. The summed E-state index contributed by atoms with van der Waals surface area (Å²) in [4.78, 5) is 25.7. The van der Waals surface area contributed by atoms with Crippen LogP contribution in [0.1, 0.15) is 20.3 Å². The van der Waals surface area contributed by atoms with E-state index >= 15 is 0 Å². The first kappa shape index (κ1) is 25.3. The molecule has 180 valence electrons. The molecule has 0 radical (unpaired) electrons. The molecule has 2 atom stereocenters. The van der Waals surface area contributed by atoms with Crippen molar-refractivity contribution in [3.63, 3.8) is 0 Å². The highest BCUT2D eigenvalue weighted by Crippen LogP contribution is 2.28. The number of rotatable bonds is 9. The quantitative estimate of drug-likeness (QED) is 0.376. The van der Waals surface area contributed by atoms with Crippen molar-refractivity contribution < 1.29 is 19.1 Å². The number of benzene rings is 2. The average molecular weight is 504 g/mol. The number of nitrogens with one attached hydrogen (secondary N) is 3. The van der Waals surface area contributed by atoms with Gasteiger partial charge in [-0.15, -0.1) is 10.2 Å². The molecule has 0 saturated carbocycles. The molecule has 3 amide bonds. The van der Waals surface area contributed by atoms with Gasteiger partial charge in [-0.2, -0.15) is 0 Å². The van der Waals surface area contributed by atoms with Gasteiger partial charge in [0.15, 0.2) is 0 Å². The Labute approximate surface area is 206 Å². The van der Waals surface area contributed by atoms with Crippen LogP contribution in [0.25, 0.3) is 10.6 Å². The van der Waals surface area contributed by atoms with Crippen molar-refractivity contribution in [2.24, 2.45) is 5.92 Å². The van der Waals surface area contributed by atoms with E-state index in [9.17, 15) is 9.59 Å². The summed E-state index contributed by atoms with van der Waals surface area (Å²) in [5.74, 6) is 0.540. The molecule has 1 aromatic heterocycles. The van der Waals surface area contributed by atoms with Gasteiger partial charge in [-0.25, -0.2) is 4.79 Å². The monoisotopic (exact) mass is 503 g/mol. The third-order valence-electron chi connectivity index (χ3n) is 5.14. The highest BCUT2D eigenvalue weighted by Gasteiger charge is 2.27. The van der Waals surface area contributed by atoms with Gasteiger partial charge in [0.1, 0.15) is 22.5 Å². The van der Waals surface area contributed by atoms with E-state index in [1.165, 1.54) is 25.6 Å². The molecule has 3 aromatic rings. The van der Waals surface area contributed by atoms with Crippen LogP contribution in [0.5, 0.6) is 11.5 Å². The lowest BCUT2D eigenvalue weighted by Crippen LogP contribution is -2.49. The summed E-state index contributed by atoms with van der Waals surface area (Å²) in [6.45, 7) is 3.83. The number of hydrogen-bond donors (Lipinski definition) is 3. The standard InChI is InChI=1S/C23H26ClN5O4S/c1-5-13(2)19(26-22(31)25-16-10-17(32-3)12-18(11-16)33-4)20(30)27-23-29-28-21(34-23)14-6-8-15(24)9-7-14/h6-13,19H,5H2,1-4H3,(H2,25,26,31)(H,27,29,30)/t13-,19+/m0/s1. The fourth-order valence-electron chi connectivity index (χ4n) is 3.06. The number of halogens is 1. The molecule has 34 heavy (non-hydrogen) atoms. The number of carbonyl (C=O) groups is 2. The summed E-state index contributed by atoms with van der Waals surface area (Å²) in [5.41, 5.74) is 1.31. The fraction of sp³-hybridized carbons (Fsp3) is 0.304. The van der Waals surface area contributed by atoms with Crippen LogP contribution >= 0.6 is 22.9 Å². The zero-order chi connectivity index (χ0) is 24.7. The summed E-state index contributed by atoms with van der Waals surface area (Å²) in [6, 6.07) is 10.9. The second-order valence-corrected chi connectivity index (χ2v) is 8.89. The Kier molecular flexibility index (Phi) is 8.67. The molecule has 2 aromatic carbocycles. The summed E-state index contributed by atoms with van der Waals surface area (Å²) in [5, 5.41) is 18.0. The topological polar surface area (TPSA) is 114 Å². The summed E-state index contributed by atoms with van der Waals surface area (Å²) in [7, 11) is 3.04. The summed E-state index contributed by atoms with van der Waals surface area (Å²) >= 11 is 7.17. The maximum absolute atomic E-state index is 13.0. The van der Waals surface area contributed by atoms with Gasteiger partial charge in [-0.05, 0) is 18.1 Å². The predicted molar refractivity (Wildman–Crippen MR) is 134 cm³/mol. The van der Waals surface area contributed by atoms with Gasteiger partial charge in [0, 0.05) is 34.5 Å². The largest absolute Gasteiger partial charge is 0.497 e. The first-order chi connectivity index (χ1) is 16.3. The molecule has 0 saturated heterocycles. The van der Waals surface area contributed by atoms with E-state index < -0.39 is 12.1 Å². The van der Waals surface area contributed by atoms with Crippen LogP contribution in [0, 0.1) is 5.92 Å². The van der Waals surface area contributed by atoms with E-state index in [0.717, 1.165) is 5.56 Å². The Balaban J connectivity index is 1.69. The molecule has 0 unspecified atom stereocenters. The number of nitrogens with zero attached hydrogens (tertiary/aromatic N) is 2. The van der Waals surface area contributed by atoms with Crippen molar-refractivity contribution in [1.29, 1.82) is 0 Å². The minimum atomic E-state index is -0.791. The van der Waals surface area contributed by atoms with Crippen LogP contribution in [0.2, 0.25) is 5.02 Å². The predicted octanol–water partition coefficient (Wildman–Crippen LogP) is 5.05. The number of ether oxygens (including phenoxy) is 2. The molecule has 11 heteroatoms. The van der Waals surface area contributed by atoms with Gasteiger partial charge >= 0.3 is 6.03 Å². The van der Waals surface area contributed by atoms with Crippen LogP contribution in [0.4, 0.5) is 15.6 Å². The molecular formula is C23H26ClN5O4S. The smallest absolute Gasteiger partial charge is 0.319 e. The first-order valence-corrected chi connectivity index (χ1v) is 11.7. The van der Waals surface area contributed by atoms with Crippen molar-refractivity contribution in [2.45, 2.75) is 26.3 Å². The maximum atomic E-state index is 13.0. The number of aromatic nitrogens is 2. The van der Waals surface area contributed by atoms with E-state index in [0.29, 0.717) is 38.8 Å². The Bertz CT molecular complexity index is 1120. The van der Waals surface area contributed by atoms with Crippen LogP contribution in [-0.2, 0) is 4.79 Å². The van der Waals surface area contributed by atoms with Crippen LogP contribution in [0.3, 0.4) is 0 Å². The summed E-state index contributed by atoms with van der Waals surface area (Å²) in [6.07, 6.45) is 0.678. The normalized spacial score (nSPS) is 12.4. The van der Waals surface area contributed by atoms with Crippen molar-refractivity contribution >= 4 is 45.7 Å². The summed E-state index contributed by atoms with van der Waals surface area (Å²) < 4.78 is 10.5. The average Bonchev–Trinajstić information content (AvgIpc) is 3.30. The highest BCUT2D eigenvalue weighted by molar-refractivity contribution is 7.18. The van der Waals surface area contributed by atoms with Crippen molar-refractivity contribution in [2.75, 3.05) is 24.9 Å². The van der Waals surface area contributed by atoms with Crippen LogP contribution in [0.15, 0.2) is 42.5 Å². The fourth-order valence-corrected chi connectivity index (χ4v) is 3.93. The van der Waals surface area contributed by atoms with Gasteiger partial charge in [-0.3, -0.25) is 10.1 Å². The highest BCUT2D eigenvalue weighted by atomic mass is 35.5. The molecule has 3 rings (SSSR count). The molecular weight excluding hydrogens is 478 g/mol. The van der Waals surface area contributed by atoms with Crippen molar-refractivity contribution in [1.82, 2.24) is 15.5 Å². The van der Waals surface area contributed by atoms with E-state index in [-0.39, 0.29) is 11.8 Å². The Morgan fingerprint density at radius 2 is 1.68 bits per heavy atom. The van der Waals surface area contributed by atoms with E-state index in [4.69, 9.17) is 21.1 Å². The zero-order valence-electron chi connectivity index (χ0n) is 19.2. The molecule has 0 bridgehead atoms. The van der Waals surface area contributed by atoms with Crippen molar-refractivity contribution in [3.8, 4) is 22.1 Å². The van der Waals surface area contributed by atoms with E-state index in [2.05, 4.69) is 26.1 Å². The SMILES string of the molecule is CC[C@H](C)[C@@H](NC(=O)Nc1cc(OC)cc(OC)c1)C(=O)Nc1nnc(-c2ccc(Cl)cc2)s1. The Morgan fingerprint density at radius 3 is 2.26 bits per heavy atom. The minimum absolute atomic E-state index is 0.130. The number of carbonyl (C=O) groups excluding carboxylic acids is 2. The number of anilines is 2.